The van der Waals surface area contributed by atoms with Crippen LogP contribution in [0.4, 0.5) is 0 Å². The number of hydrogen-bond donors (Lipinski definition) is 3. The van der Waals surface area contributed by atoms with Crippen molar-refractivity contribution in [3.8, 4) is 17.2 Å². The third-order valence-corrected chi connectivity index (χ3v) is 3.89. The van der Waals surface area contributed by atoms with Crippen molar-refractivity contribution in [1.82, 2.24) is 5.32 Å². The van der Waals surface area contributed by atoms with Gasteiger partial charge in [-0.1, -0.05) is 24.3 Å². The summed E-state index contributed by atoms with van der Waals surface area (Å²) in [4.78, 5) is 0. The molecule has 0 fully saturated rings. The monoisotopic (exact) mass is 285 g/mol. The van der Waals surface area contributed by atoms with Crippen molar-refractivity contribution in [1.29, 1.82) is 0 Å². The molecule has 2 unspecified atom stereocenters. The summed E-state index contributed by atoms with van der Waals surface area (Å²) in [6.07, 6.45) is 0.889. The maximum absolute atomic E-state index is 9.96. The van der Waals surface area contributed by atoms with Crippen LogP contribution in [0.3, 0.4) is 0 Å². The minimum absolute atomic E-state index is 0.0262. The van der Waals surface area contributed by atoms with Gasteiger partial charge in [0.05, 0.1) is 6.61 Å². The molecule has 2 aromatic carbocycles. The third-order valence-electron chi connectivity index (χ3n) is 3.89. The van der Waals surface area contributed by atoms with E-state index < -0.39 is 0 Å². The number of aromatic hydroxyl groups is 2. The number of benzene rings is 2. The van der Waals surface area contributed by atoms with Gasteiger partial charge >= 0.3 is 0 Å². The van der Waals surface area contributed by atoms with Crippen molar-refractivity contribution in [3.05, 3.63) is 53.6 Å². The van der Waals surface area contributed by atoms with Crippen LogP contribution in [0.2, 0.25) is 0 Å². The van der Waals surface area contributed by atoms with Crippen LogP contribution in [0.1, 0.15) is 36.6 Å². The van der Waals surface area contributed by atoms with Crippen LogP contribution in [-0.4, -0.2) is 16.8 Å². The number of rotatable bonds is 3. The Morgan fingerprint density at radius 1 is 1.19 bits per heavy atom. The number of ether oxygens (including phenoxy) is 1. The Bertz CT molecular complexity index is 642. The van der Waals surface area contributed by atoms with Gasteiger partial charge in [0.1, 0.15) is 17.2 Å². The molecule has 0 aliphatic carbocycles. The number of para-hydroxylation sites is 1. The lowest BCUT2D eigenvalue weighted by molar-refractivity contribution is 0.245. The number of phenolic OH excluding ortho intramolecular Hbond substituents is 2. The molecule has 2 aromatic rings. The molecule has 4 heteroatoms. The zero-order chi connectivity index (χ0) is 14.8. The molecule has 3 rings (SSSR count). The Labute approximate surface area is 124 Å². The van der Waals surface area contributed by atoms with E-state index in [9.17, 15) is 10.2 Å². The second-order valence-corrected chi connectivity index (χ2v) is 5.36. The van der Waals surface area contributed by atoms with Crippen molar-refractivity contribution in [2.45, 2.75) is 25.4 Å². The molecular weight excluding hydrogens is 266 g/mol. The normalized spacial score (nSPS) is 18.6. The molecule has 0 spiro atoms. The summed E-state index contributed by atoms with van der Waals surface area (Å²) in [5, 5.41) is 22.9. The summed E-state index contributed by atoms with van der Waals surface area (Å²) in [7, 11) is 0. The standard InChI is InChI=1S/C17H19NO3/c1-11(13-7-6-12(19)10-16(13)20)18-15-8-9-21-17-5-3-2-4-14(15)17/h2-7,10-11,15,18-20H,8-9H2,1H3. The fourth-order valence-electron chi connectivity index (χ4n) is 2.80. The van der Waals surface area contributed by atoms with Gasteiger partial charge in [-0.3, -0.25) is 0 Å². The lowest BCUT2D eigenvalue weighted by atomic mass is 9.98. The van der Waals surface area contributed by atoms with Crippen molar-refractivity contribution in [3.63, 3.8) is 0 Å². The molecule has 0 saturated carbocycles. The first kappa shape index (κ1) is 13.8. The fourth-order valence-corrected chi connectivity index (χ4v) is 2.80. The maximum atomic E-state index is 9.96. The molecule has 0 saturated heterocycles. The summed E-state index contributed by atoms with van der Waals surface area (Å²) in [5.74, 6) is 1.10. The molecule has 0 amide bonds. The van der Waals surface area contributed by atoms with Crippen molar-refractivity contribution >= 4 is 0 Å². The molecule has 0 radical (unpaired) electrons. The maximum Gasteiger partial charge on any atom is 0.124 e. The van der Waals surface area contributed by atoms with E-state index in [0.717, 1.165) is 23.3 Å². The van der Waals surface area contributed by atoms with Gasteiger partial charge in [-0.05, 0) is 19.1 Å². The van der Waals surface area contributed by atoms with Crippen LogP contribution in [0.5, 0.6) is 17.2 Å². The highest BCUT2D eigenvalue weighted by Gasteiger charge is 2.23. The molecule has 110 valence electrons. The van der Waals surface area contributed by atoms with Gasteiger partial charge in [0.2, 0.25) is 0 Å². The molecule has 0 aromatic heterocycles. The smallest absolute Gasteiger partial charge is 0.124 e. The molecule has 2 atom stereocenters. The van der Waals surface area contributed by atoms with Crippen LogP contribution in [-0.2, 0) is 0 Å². The molecule has 0 bridgehead atoms. The van der Waals surface area contributed by atoms with Crippen molar-refractivity contribution in [2.75, 3.05) is 6.61 Å². The van der Waals surface area contributed by atoms with Gasteiger partial charge in [-0.15, -0.1) is 0 Å². The van der Waals surface area contributed by atoms with E-state index in [0.29, 0.717) is 6.61 Å². The predicted molar refractivity (Wildman–Crippen MR) is 80.6 cm³/mol. The predicted octanol–water partition coefficient (Wildman–Crippen LogP) is 3.27. The Morgan fingerprint density at radius 2 is 2.00 bits per heavy atom. The van der Waals surface area contributed by atoms with Gasteiger partial charge in [0.15, 0.2) is 0 Å². The highest BCUT2D eigenvalue weighted by atomic mass is 16.5. The van der Waals surface area contributed by atoms with Crippen LogP contribution in [0.15, 0.2) is 42.5 Å². The number of phenols is 2. The molecular formula is C17H19NO3. The SMILES string of the molecule is CC(NC1CCOc2ccccc21)c1ccc(O)cc1O. The minimum Gasteiger partial charge on any atom is -0.508 e. The van der Waals surface area contributed by atoms with E-state index in [-0.39, 0.29) is 23.6 Å². The largest absolute Gasteiger partial charge is 0.508 e. The average molecular weight is 285 g/mol. The summed E-state index contributed by atoms with van der Waals surface area (Å²) in [6.45, 7) is 2.69. The Hall–Kier alpha value is -2.20. The van der Waals surface area contributed by atoms with Crippen LogP contribution < -0.4 is 10.1 Å². The number of nitrogens with one attached hydrogen (secondary N) is 1. The van der Waals surface area contributed by atoms with Crippen LogP contribution in [0.25, 0.3) is 0 Å². The second-order valence-electron chi connectivity index (χ2n) is 5.36. The Balaban J connectivity index is 1.81. The molecule has 3 N–H and O–H groups in total. The Morgan fingerprint density at radius 3 is 2.81 bits per heavy atom. The summed E-state index contributed by atoms with van der Waals surface area (Å²) in [5.41, 5.74) is 1.92. The fraction of sp³-hybridized carbons (Fsp3) is 0.294. The second kappa shape index (κ2) is 5.66. The topological polar surface area (TPSA) is 61.7 Å². The third kappa shape index (κ3) is 2.81. The molecule has 21 heavy (non-hydrogen) atoms. The highest BCUT2D eigenvalue weighted by Crippen LogP contribution is 2.35. The van der Waals surface area contributed by atoms with Gasteiger partial charge in [0, 0.05) is 35.7 Å². The summed E-state index contributed by atoms with van der Waals surface area (Å²) < 4.78 is 5.66. The van der Waals surface area contributed by atoms with Crippen LogP contribution >= 0.6 is 0 Å². The van der Waals surface area contributed by atoms with E-state index in [2.05, 4.69) is 11.4 Å². The van der Waals surface area contributed by atoms with E-state index in [1.165, 1.54) is 6.07 Å². The van der Waals surface area contributed by atoms with E-state index in [1.54, 1.807) is 12.1 Å². The van der Waals surface area contributed by atoms with E-state index in [4.69, 9.17) is 4.74 Å². The zero-order valence-corrected chi connectivity index (χ0v) is 11.9. The van der Waals surface area contributed by atoms with Gasteiger partial charge in [0.25, 0.3) is 0 Å². The number of hydrogen-bond acceptors (Lipinski definition) is 4. The average Bonchev–Trinajstić information content (AvgIpc) is 2.47. The van der Waals surface area contributed by atoms with Gasteiger partial charge in [-0.2, -0.15) is 0 Å². The molecule has 1 heterocycles. The first-order valence-electron chi connectivity index (χ1n) is 7.15. The van der Waals surface area contributed by atoms with E-state index in [1.807, 2.05) is 25.1 Å². The Kier molecular flexibility index (Phi) is 3.71. The summed E-state index contributed by atoms with van der Waals surface area (Å²) in [6, 6.07) is 12.9. The van der Waals surface area contributed by atoms with Crippen molar-refractivity contribution in [2.24, 2.45) is 0 Å². The molecule has 4 nitrogen and oxygen atoms in total. The number of fused-ring (bicyclic) bond motifs is 1. The van der Waals surface area contributed by atoms with Crippen LogP contribution in [0, 0.1) is 0 Å². The lowest BCUT2D eigenvalue weighted by Gasteiger charge is -2.29. The zero-order valence-electron chi connectivity index (χ0n) is 11.9. The summed E-state index contributed by atoms with van der Waals surface area (Å²) >= 11 is 0. The molecule has 1 aliphatic heterocycles. The molecule has 1 aliphatic rings. The lowest BCUT2D eigenvalue weighted by Crippen LogP contribution is -2.29. The van der Waals surface area contributed by atoms with Gasteiger partial charge in [-0.25, -0.2) is 0 Å². The van der Waals surface area contributed by atoms with E-state index >= 15 is 0 Å². The van der Waals surface area contributed by atoms with Gasteiger partial charge < -0.3 is 20.3 Å². The highest BCUT2D eigenvalue weighted by molar-refractivity contribution is 5.41. The minimum atomic E-state index is -0.0262. The first-order valence-corrected chi connectivity index (χ1v) is 7.15. The van der Waals surface area contributed by atoms with Crippen molar-refractivity contribution < 1.29 is 14.9 Å². The first-order chi connectivity index (χ1) is 10.1. The quantitative estimate of drug-likeness (QED) is 0.810.